The molecule has 0 unspecified atom stereocenters. The summed E-state index contributed by atoms with van der Waals surface area (Å²) in [6, 6.07) is 9.84. The van der Waals surface area contributed by atoms with E-state index in [1.807, 2.05) is 19.9 Å². The van der Waals surface area contributed by atoms with Crippen molar-refractivity contribution >= 4 is 29.0 Å². The van der Waals surface area contributed by atoms with Gasteiger partial charge in [-0.2, -0.15) is 0 Å². The Kier molecular flexibility index (Phi) is 5.70. The van der Waals surface area contributed by atoms with Crippen molar-refractivity contribution in [1.82, 2.24) is 4.98 Å². The average molecular weight is 331 g/mol. The lowest BCUT2D eigenvalue weighted by Crippen LogP contribution is -2.36. The van der Waals surface area contributed by atoms with Crippen molar-refractivity contribution in [3.8, 4) is 0 Å². The fraction of sp³-hybridized carbons (Fsp3) is 0.250. The summed E-state index contributed by atoms with van der Waals surface area (Å²) in [5.41, 5.74) is 0.801. The molecule has 120 valence electrons. The molecular formula is C16H17N3O3S. The molecule has 0 aliphatic rings. The maximum atomic E-state index is 12.6. The standard InChI is InChI=1S/C16H17N3O3S/c1-3-18(14-5-4-10-17-11-14)16(20)12(2)23-15-8-6-13(7-9-15)19(21)22/h4-12H,3H2,1-2H3/t12-/m0/s1. The van der Waals surface area contributed by atoms with Crippen LogP contribution >= 0.6 is 11.8 Å². The van der Waals surface area contributed by atoms with Crippen LogP contribution in [-0.2, 0) is 4.79 Å². The largest absolute Gasteiger partial charge is 0.310 e. The molecule has 1 heterocycles. The lowest BCUT2D eigenvalue weighted by atomic mass is 10.3. The maximum absolute atomic E-state index is 12.6. The second-order valence-electron chi connectivity index (χ2n) is 4.80. The molecule has 23 heavy (non-hydrogen) atoms. The quantitative estimate of drug-likeness (QED) is 0.460. The van der Waals surface area contributed by atoms with Crippen LogP contribution in [0.5, 0.6) is 0 Å². The molecule has 0 aliphatic heterocycles. The van der Waals surface area contributed by atoms with E-state index in [1.165, 1.54) is 23.9 Å². The number of thioether (sulfide) groups is 1. The second kappa shape index (κ2) is 7.73. The highest BCUT2D eigenvalue weighted by molar-refractivity contribution is 8.00. The summed E-state index contributed by atoms with van der Waals surface area (Å²) >= 11 is 1.38. The molecule has 0 N–H and O–H groups in total. The van der Waals surface area contributed by atoms with Gasteiger partial charge in [-0.25, -0.2) is 0 Å². The lowest BCUT2D eigenvalue weighted by molar-refractivity contribution is -0.384. The van der Waals surface area contributed by atoms with Crippen LogP contribution < -0.4 is 4.90 Å². The molecule has 0 bridgehead atoms. The molecule has 1 atom stereocenters. The number of anilines is 1. The summed E-state index contributed by atoms with van der Waals surface area (Å²) in [4.78, 5) is 29.4. The monoisotopic (exact) mass is 331 g/mol. The summed E-state index contributed by atoms with van der Waals surface area (Å²) in [5, 5.41) is 10.4. The van der Waals surface area contributed by atoms with E-state index in [9.17, 15) is 14.9 Å². The Morgan fingerprint density at radius 3 is 2.57 bits per heavy atom. The summed E-state index contributed by atoms with van der Waals surface area (Å²) in [7, 11) is 0. The van der Waals surface area contributed by atoms with Gasteiger partial charge in [0.05, 0.1) is 22.1 Å². The smallest absolute Gasteiger partial charge is 0.269 e. The van der Waals surface area contributed by atoms with Gasteiger partial charge in [-0.05, 0) is 38.1 Å². The van der Waals surface area contributed by atoms with Crippen LogP contribution in [0, 0.1) is 10.1 Å². The highest BCUT2D eigenvalue weighted by Crippen LogP contribution is 2.27. The van der Waals surface area contributed by atoms with Gasteiger partial charge < -0.3 is 4.90 Å². The first-order chi connectivity index (χ1) is 11.0. The van der Waals surface area contributed by atoms with Gasteiger partial charge in [0.1, 0.15) is 0 Å². The van der Waals surface area contributed by atoms with Gasteiger partial charge in [0.25, 0.3) is 5.69 Å². The van der Waals surface area contributed by atoms with Crippen LogP contribution in [0.4, 0.5) is 11.4 Å². The number of hydrogen-bond donors (Lipinski definition) is 0. The van der Waals surface area contributed by atoms with Crippen molar-refractivity contribution in [2.24, 2.45) is 0 Å². The molecule has 2 aromatic rings. The Bertz CT molecular complexity index is 677. The zero-order chi connectivity index (χ0) is 16.8. The average Bonchev–Trinajstić information content (AvgIpc) is 2.57. The minimum absolute atomic E-state index is 0.0242. The van der Waals surface area contributed by atoms with Crippen LogP contribution in [0.3, 0.4) is 0 Å². The van der Waals surface area contributed by atoms with Gasteiger partial charge in [-0.1, -0.05) is 0 Å². The van der Waals surface area contributed by atoms with E-state index in [2.05, 4.69) is 4.98 Å². The van der Waals surface area contributed by atoms with Gasteiger partial charge in [0, 0.05) is 29.8 Å². The zero-order valence-corrected chi connectivity index (χ0v) is 13.7. The molecule has 0 spiro atoms. The number of amides is 1. The molecule has 1 aromatic carbocycles. The normalized spacial score (nSPS) is 11.7. The van der Waals surface area contributed by atoms with Crippen molar-refractivity contribution in [1.29, 1.82) is 0 Å². The van der Waals surface area contributed by atoms with Crippen LogP contribution in [0.25, 0.3) is 0 Å². The third-order valence-corrected chi connectivity index (χ3v) is 4.35. The van der Waals surface area contributed by atoms with Gasteiger partial charge in [-0.15, -0.1) is 11.8 Å². The maximum Gasteiger partial charge on any atom is 0.269 e. The minimum atomic E-state index is -0.440. The van der Waals surface area contributed by atoms with Crippen molar-refractivity contribution in [2.75, 3.05) is 11.4 Å². The first-order valence-electron chi connectivity index (χ1n) is 7.15. The summed E-state index contributed by atoms with van der Waals surface area (Å²) in [5.74, 6) is -0.0242. The predicted molar refractivity (Wildman–Crippen MR) is 90.7 cm³/mol. The highest BCUT2D eigenvalue weighted by atomic mass is 32.2. The molecule has 0 radical (unpaired) electrons. The number of carbonyl (C=O) groups excluding carboxylic acids is 1. The number of carbonyl (C=O) groups is 1. The van der Waals surface area contributed by atoms with Gasteiger partial charge in [0.15, 0.2) is 0 Å². The molecule has 2 rings (SSSR count). The van der Waals surface area contributed by atoms with E-state index < -0.39 is 4.92 Å². The first kappa shape index (κ1) is 17.0. The number of nitro groups is 1. The number of aromatic nitrogens is 1. The topological polar surface area (TPSA) is 76.3 Å². The number of nitrogens with zero attached hydrogens (tertiary/aromatic N) is 3. The fourth-order valence-corrected chi connectivity index (χ4v) is 3.03. The molecule has 7 heteroatoms. The van der Waals surface area contributed by atoms with Crippen molar-refractivity contribution < 1.29 is 9.72 Å². The van der Waals surface area contributed by atoms with Crippen molar-refractivity contribution in [3.05, 3.63) is 58.9 Å². The van der Waals surface area contributed by atoms with Crippen LogP contribution in [0.1, 0.15) is 13.8 Å². The molecule has 0 saturated carbocycles. The van der Waals surface area contributed by atoms with E-state index in [1.54, 1.807) is 35.5 Å². The van der Waals surface area contributed by atoms with Gasteiger partial charge in [-0.3, -0.25) is 19.9 Å². The van der Waals surface area contributed by atoms with Crippen molar-refractivity contribution in [2.45, 2.75) is 24.0 Å². The van der Waals surface area contributed by atoms with E-state index in [0.29, 0.717) is 6.54 Å². The third kappa shape index (κ3) is 4.29. The Morgan fingerprint density at radius 1 is 1.35 bits per heavy atom. The van der Waals surface area contributed by atoms with E-state index >= 15 is 0 Å². The molecular weight excluding hydrogens is 314 g/mol. The number of rotatable bonds is 6. The van der Waals surface area contributed by atoms with Crippen LogP contribution in [-0.4, -0.2) is 27.6 Å². The number of nitro benzene ring substituents is 1. The van der Waals surface area contributed by atoms with E-state index in [0.717, 1.165) is 10.6 Å². The lowest BCUT2D eigenvalue weighted by Gasteiger charge is -2.24. The Labute approximate surface area is 138 Å². The predicted octanol–water partition coefficient (Wildman–Crippen LogP) is 3.52. The SMILES string of the molecule is CCN(C(=O)[C@H](C)Sc1ccc([N+](=O)[O-])cc1)c1cccnc1. The van der Waals surface area contributed by atoms with Crippen LogP contribution in [0.15, 0.2) is 53.7 Å². The highest BCUT2D eigenvalue weighted by Gasteiger charge is 2.22. The first-order valence-corrected chi connectivity index (χ1v) is 8.03. The van der Waals surface area contributed by atoms with Crippen molar-refractivity contribution in [3.63, 3.8) is 0 Å². The molecule has 1 amide bonds. The second-order valence-corrected chi connectivity index (χ2v) is 6.22. The van der Waals surface area contributed by atoms with Crippen LogP contribution in [0.2, 0.25) is 0 Å². The number of benzene rings is 1. The molecule has 6 nitrogen and oxygen atoms in total. The zero-order valence-electron chi connectivity index (χ0n) is 12.9. The number of hydrogen-bond acceptors (Lipinski definition) is 5. The molecule has 0 fully saturated rings. The Hall–Kier alpha value is -2.41. The Morgan fingerprint density at radius 2 is 2.04 bits per heavy atom. The summed E-state index contributed by atoms with van der Waals surface area (Å²) in [6.07, 6.45) is 3.32. The number of non-ortho nitro benzene ring substituents is 1. The summed E-state index contributed by atoms with van der Waals surface area (Å²) in [6.45, 7) is 4.29. The molecule has 0 saturated heterocycles. The fourth-order valence-electron chi connectivity index (χ4n) is 2.10. The molecule has 0 aliphatic carbocycles. The minimum Gasteiger partial charge on any atom is -0.310 e. The van der Waals surface area contributed by atoms with Gasteiger partial charge >= 0.3 is 0 Å². The third-order valence-electron chi connectivity index (χ3n) is 3.25. The number of pyridine rings is 1. The Balaban J connectivity index is 2.08. The van der Waals surface area contributed by atoms with E-state index in [4.69, 9.17) is 0 Å². The van der Waals surface area contributed by atoms with Gasteiger partial charge in [0.2, 0.25) is 5.91 Å². The summed E-state index contributed by atoms with van der Waals surface area (Å²) < 4.78 is 0. The molecule has 1 aromatic heterocycles. The van der Waals surface area contributed by atoms with E-state index in [-0.39, 0.29) is 16.8 Å².